The third-order valence-corrected chi connectivity index (χ3v) is 3.88. The van der Waals surface area contributed by atoms with Gasteiger partial charge in [-0.1, -0.05) is 31.4 Å². The van der Waals surface area contributed by atoms with E-state index in [0.29, 0.717) is 6.42 Å². The Morgan fingerprint density at radius 2 is 1.78 bits per heavy atom. The third kappa shape index (κ3) is 3.64. The largest absolute Gasteiger partial charge is 0.416 e. The second-order valence-electron chi connectivity index (χ2n) is 5.03. The van der Waals surface area contributed by atoms with Crippen LogP contribution in [-0.2, 0) is 12.6 Å². The van der Waals surface area contributed by atoms with Gasteiger partial charge in [0.1, 0.15) is 0 Å². The molecular formula is C14H16ClF3. The highest BCUT2D eigenvalue weighted by atomic mass is 35.5. The molecule has 4 heteroatoms. The first-order chi connectivity index (χ1) is 8.45. The van der Waals surface area contributed by atoms with Crippen molar-refractivity contribution in [3.8, 4) is 0 Å². The lowest BCUT2D eigenvalue weighted by molar-refractivity contribution is -0.137. The summed E-state index contributed by atoms with van der Waals surface area (Å²) in [7, 11) is 0. The molecule has 0 spiro atoms. The summed E-state index contributed by atoms with van der Waals surface area (Å²) in [6.07, 6.45) is 1.14. The van der Waals surface area contributed by atoms with Crippen molar-refractivity contribution in [2.75, 3.05) is 0 Å². The Morgan fingerprint density at radius 3 is 2.22 bits per heavy atom. The first-order valence-corrected chi connectivity index (χ1v) is 6.69. The molecule has 0 heterocycles. The third-order valence-electron chi connectivity index (χ3n) is 3.55. The summed E-state index contributed by atoms with van der Waals surface area (Å²) in [5, 5.41) is 0.0343. The van der Waals surface area contributed by atoms with E-state index in [2.05, 4.69) is 0 Å². The fourth-order valence-electron chi connectivity index (χ4n) is 2.26. The molecule has 0 aromatic heterocycles. The lowest BCUT2D eigenvalue weighted by Gasteiger charge is -2.27. The van der Waals surface area contributed by atoms with Gasteiger partial charge in [0.05, 0.1) is 5.56 Å². The Bertz CT molecular complexity index is 379. The minimum Gasteiger partial charge on any atom is -0.166 e. The number of benzene rings is 1. The zero-order valence-corrected chi connectivity index (χ0v) is 10.8. The topological polar surface area (TPSA) is 0 Å². The van der Waals surface area contributed by atoms with E-state index in [0.717, 1.165) is 30.0 Å². The van der Waals surface area contributed by atoms with Gasteiger partial charge in [-0.2, -0.15) is 13.2 Å². The smallest absolute Gasteiger partial charge is 0.166 e. The van der Waals surface area contributed by atoms with Crippen LogP contribution in [0.2, 0.25) is 0 Å². The Balaban J connectivity index is 1.89. The quantitative estimate of drug-likeness (QED) is 0.676. The van der Waals surface area contributed by atoms with Gasteiger partial charge in [-0.15, -0.1) is 11.6 Å². The molecule has 1 aliphatic carbocycles. The molecule has 1 atom stereocenters. The number of rotatable bonds is 4. The lowest BCUT2D eigenvalue weighted by Crippen LogP contribution is -2.17. The molecule has 0 aliphatic heterocycles. The number of hydrogen-bond donors (Lipinski definition) is 0. The Hall–Kier alpha value is -0.700. The predicted octanol–water partition coefficient (Wildman–Crippen LogP) is 5.05. The minimum atomic E-state index is -4.26. The van der Waals surface area contributed by atoms with Gasteiger partial charge in [0.2, 0.25) is 0 Å². The first-order valence-electron chi connectivity index (χ1n) is 6.25. The van der Waals surface area contributed by atoms with Crippen LogP contribution in [0.3, 0.4) is 0 Å². The normalized spacial score (nSPS) is 18.4. The summed E-state index contributed by atoms with van der Waals surface area (Å²) >= 11 is 6.23. The predicted molar refractivity (Wildman–Crippen MR) is 66.7 cm³/mol. The van der Waals surface area contributed by atoms with Gasteiger partial charge in [-0.3, -0.25) is 0 Å². The van der Waals surface area contributed by atoms with Crippen molar-refractivity contribution >= 4 is 11.6 Å². The maximum Gasteiger partial charge on any atom is 0.416 e. The molecule has 0 nitrogen and oxygen atoms in total. The summed E-state index contributed by atoms with van der Waals surface area (Å²) in [5.41, 5.74) is 0.277. The Morgan fingerprint density at radius 1 is 1.17 bits per heavy atom. The number of halogens is 4. The molecule has 1 aromatic rings. The summed E-state index contributed by atoms with van der Waals surface area (Å²) in [6.45, 7) is 0. The van der Waals surface area contributed by atoms with Crippen LogP contribution in [0.25, 0.3) is 0 Å². The van der Waals surface area contributed by atoms with Crippen molar-refractivity contribution in [2.24, 2.45) is 5.92 Å². The van der Waals surface area contributed by atoms with Crippen molar-refractivity contribution < 1.29 is 13.2 Å². The second-order valence-corrected chi connectivity index (χ2v) is 5.65. The highest BCUT2D eigenvalue weighted by molar-refractivity contribution is 6.20. The maximum absolute atomic E-state index is 12.4. The summed E-state index contributed by atoms with van der Waals surface area (Å²) in [4.78, 5) is 0. The average Bonchev–Trinajstić information content (AvgIpc) is 2.23. The van der Waals surface area contributed by atoms with E-state index in [4.69, 9.17) is 11.6 Å². The van der Waals surface area contributed by atoms with Crippen molar-refractivity contribution in [3.05, 3.63) is 35.4 Å². The van der Waals surface area contributed by atoms with Crippen LogP contribution in [0.15, 0.2) is 24.3 Å². The molecule has 18 heavy (non-hydrogen) atoms. The van der Waals surface area contributed by atoms with Gasteiger partial charge >= 0.3 is 6.18 Å². The van der Waals surface area contributed by atoms with E-state index >= 15 is 0 Å². The minimum absolute atomic E-state index is 0.0343. The van der Waals surface area contributed by atoms with Gasteiger partial charge in [0.25, 0.3) is 0 Å². The summed E-state index contributed by atoms with van der Waals surface area (Å²) in [5.74, 6) is 0.724. The van der Waals surface area contributed by atoms with Crippen LogP contribution >= 0.6 is 11.6 Å². The molecule has 1 saturated carbocycles. The fraction of sp³-hybridized carbons (Fsp3) is 0.571. The van der Waals surface area contributed by atoms with Crippen LogP contribution in [0.1, 0.15) is 36.8 Å². The molecule has 0 radical (unpaired) electrons. The van der Waals surface area contributed by atoms with Gasteiger partial charge in [-0.05, 0) is 36.5 Å². The molecule has 0 N–H and O–H groups in total. The molecule has 100 valence electrons. The first kappa shape index (κ1) is 13.7. The van der Waals surface area contributed by atoms with Crippen LogP contribution in [0, 0.1) is 5.92 Å². The zero-order valence-electron chi connectivity index (χ0n) is 10.0. The molecule has 1 fully saturated rings. The van der Waals surface area contributed by atoms with Crippen molar-refractivity contribution in [1.82, 2.24) is 0 Å². The van der Waals surface area contributed by atoms with E-state index < -0.39 is 11.7 Å². The molecule has 1 unspecified atom stereocenters. The van der Waals surface area contributed by atoms with Gasteiger partial charge in [-0.25, -0.2) is 0 Å². The monoisotopic (exact) mass is 276 g/mol. The van der Waals surface area contributed by atoms with E-state index in [-0.39, 0.29) is 5.38 Å². The van der Waals surface area contributed by atoms with E-state index in [1.807, 2.05) is 0 Å². The maximum atomic E-state index is 12.4. The van der Waals surface area contributed by atoms with E-state index in [1.165, 1.54) is 31.4 Å². The summed E-state index contributed by atoms with van der Waals surface area (Å²) in [6, 6.07) is 5.31. The van der Waals surface area contributed by atoms with Gasteiger partial charge in [0.15, 0.2) is 0 Å². The molecule has 0 amide bonds. The molecule has 1 aromatic carbocycles. The number of hydrogen-bond acceptors (Lipinski definition) is 0. The van der Waals surface area contributed by atoms with Gasteiger partial charge < -0.3 is 0 Å². The summed E-state index contributed by atoms with van der Waals surface area (Å²) < 4.78 is 37.1. The van der Waals surface area contributed by atoms with Crippen molar-refractivity contribution in [2.45, 2.75) is 43.7 Å². The number of alkyl halides is 4. The van der Waals surface area contributed by atoms with Crippen LogP contribution < -0.4 is 0 Å². The molecule has 1 aliphatic rings. The molecule has 2 rings (SSSR count). The molecular weight excluding hydrogens is 261 g/mol. The van der Waals surface area contributed by atoms with Crippen molar-refractivity contribution in [1.29, 1.82) is 0 Å². The fourth-order valence-corrected chi connectivity index (χ4v) is 2.69. The average molecular weight is 277 g/mol. The molecule has 0 bridgehead atoms. The van der Waals surface area contributed by atoms with Crippen LogP contribution in [0.4, 0.5) is 13.2 Å². The second kappa shape index (κ2) is 5.52. The van der Waals surface area contributed by atoms with Crippen LogP contribution in [0.5, 0.6) is 0 Å². The van der Waals surface area contributed by atoms with E-state index in [9.17, 15) is 13.2 Å². The highest BCUT2D eigenvalue weighted by Crippen LogP contribution is 2.33. The lowest BCUT2D eigenvalue weighted by atomic mass is 9.81. The zero-order chi connectivity index (χ0) is 13.2. The SMILES string of the molecule is FC(F)(F)c1ccc(CC(Cl)CC2CCC2)cc1. The Kier molecular flexibility index (Phi) is 4.21. The van der Waals surface area contributed by atoms with Crippen molar-refractivity contribution in [3.63, 3.8) is 0 Å². The highest BCUT2D eigenvalue weighted by Gasteiger charge is 2.30. The Labute approximate surface area is 110 Å². The van der Waals surface area contributed by atoms with Crippen LogP contribution in [-0.4, -0.2) is 5.38 Å². The standard InChI is InChI=1S/C14H16ClF3/c15-13(8-10-2-1-3-10)9-11-4-6-12(7-5-11)14(16,17)18/h4-7,10,13H,1-3,8-9H2. The molecule has 0 saturated heterocycles. The van der Waals surface area contributed by atoms with E-state index in [1.54, 1.807) is 0 Å². The van der Waals surface area contributed by atoms with Gasteiger partial charge in [0, 0.05) is 5.38 Å².